The molecule has 2 atom stereocenters. The van der Waals surface area contributed by atoms with E-state index < -0.39 is 28.0 Å². The van der Waals surface area contributed by atoms with E-state index in [1.807, 2.05) is 0 Å². The number of hydrogen-bond acceptors (Lipinski definition) is 3. The molecule has 0 amide bonds. The average Bonchev–Trinajstić information content (AvgIpc) is 2.75. The summed E-state index contributed by atoms with van der Waals surface area (Å²) in [4.78, 5) is 4.02. The second-order valence-corrected chi connectivity index (χ2v) is 8.55. The van der Waals surface area contributed by atoms with E-state index in [0.29, 0.717) is 10.2 Å². The number of benzene rings is 1. The minimum absolute atomic E-state index is 0.124. The van der Waals surface area contributed by atoms with Gasteiger partial charge in [0, 0.05) is 0 Å². The van der Waals surface area contributed by atoms with Crippen molar-refractivity contribution in [2.75, 3.05) is 0 Å². The van der Waals surface area contributed by atoms with E-state index in [-0.39, 0.29) is 5.01 Å². The Morgan fingerprint density at radius 2 is 1.86 bits per heavy atom. The molecule has 2 rings (SSSR count). The van der Waals surface area contributed by atoms with Crippen molar-refractivity contribution in [2.24, 2.45) is 0 Å². The number of para-hydroxylation sites is 1. The molecule has 0 fully saturated rings. The molecule has 8 heteroatoms. The Balaban J connectivity index is 2.39. The zero-order chi connectivity index (χ0) is 15.8. The van der Waals surface area contributed by atoms with Gasteiger partial charge in [-0.2, -0.15) is 13.2 Å². The lowest BCUT2D eigenvalue weighted by Gasteiger charge is -2.24. The molecule has 116 valence electrons. The molecule has 0 radical (unpaired) electrons. The van der Waals surface area contributed by atoms with Crippen LogP contribution >= 0.6 is 11.3 Å². The molecular formula is C13H15F3N2OS2. The number of fused-ring (bicyclic) bond motifs is 1. The smallest absolute Gasteiger partial charge is 0.242 e. The van der Waals surface area contributed by atoms with Crippen molar-refractivity contribution < 1.29 is 17.4 Å². The summed E-state index contributed by atoms with van der Waals surface area (Å²) in [5, 5.41) is -0.124. The fourth-order valence-electron chi connectivity index (χ4n) is 1.55. The fourth-order valence-corrected chi connectivity index (χ4v) is 3.49. The molecule has 21 heavy (non-hydrogen) atoms. The van der Waals surface area contributed by atoms with Crippen LogP contribution in [0.2, 0.25) is 0 Å². The molecular weight excluding hydrogens is 321 g/mol. The number of thiazole rings is 1. The molecule has 1 unspecified atom stereocenters. The fraction of sp³-hybridized carbons (Fsp3) is 0.462. The summed E-state index contributed by atoms with van der Waals surface area (Å²) >= 11 is 0.957. The largest absolute Gasteiger partial charge is 0.411 e. The van der Waals surface area contributed by atoms with Crippen molar-refractivity contribution in [3.63, 3.8) is 0 Å². The summed E-state index contributed by atoms with van der Waals surface area (Å²) in [6.07, 6.45) is -4.56. The van der Waals surface area contributed by atoms with E-state index in [1.165, 1.54) is 0 Å². The summed E-state index contributed by atoms with van der Waals surface area (Å²) < 4.78 is 53.8. The van der Waals surface area contributed by atoms with Crippen LogP contribution in [0.3, 0.4) is 0 Å². The molecule has 0 aliphatic rings. The summed E-state index contributed by atoms with van der Waals surface area (Å²) in [5.41, 5.74) is 0.509. The van der Waals surface area contributed by atoms with Gasteiger partial charge in [-0.25, -0.2) is 13.9 Å². The molecule has 0 aliphatic heterocycles. The first-order chi connectivity index (χ1) is 9.59. The van der Waals surface area contributed by atoms with Crippen molar-refractivity contribution >= 4 is 32.5 Å². The third kappa shape index (κ3) is 3.81. The second-order valence-electron chi connectivity index (χ2n) is 5.49. The number of nitrogens with one attached hydrogen (secondary N) is 1. The molecule has 1 heterocycles. The number of halogens is 3. The summed E-state index contributed by atoms with van der Waals surface area (Å²) in [7, 11) is -1.84. The molecule has 1 aromatic heterocycles. The maximum atomic E-state index is 13.3. The minimum atomic E-state index is -4.56. The standard InChI is InChI=1S/C13H15F3N2OS2/c1-12(2,3)21(19)18-10(13(14,15)16)11-17-8-6-4-5-7-9(8)20-11/h4-7,10,18H,1-3H3/t10-,21?/m0/s1. The van der Waals surface area contributed by atoms with Gasteiger partial charge in [0.05, 0.1) is 25.9 Å². The first kappa shape index (κ1) is 16.4. The third-order valence-electron chi connectivity index (χ3n) is 2.67. The molecule has 0 saturated carbocycles. The highest BCUT2D eigenvalue weighted by Gasteiger charge is 2.45. The monoisotopic (exact) mass is 336 g/mol. The van der Waals surface area contributed by atoms with Gasteiger partial charge in [-0.15, -0.1) is 11.3 Å². The van der Waals surface area contributed by atoms with Gasteiger partial charge < -0.3 is 0 Å². The van der Waals surface area contributed by atoms with Gasteiger partial charge in [-0.3, -0.25) is 0 Å². The second kappa shape index (κ2) is 5.66. The predicted molar refractivity (Wildman–Crippen MR) is 79.4 cm³/mol. The van der Waals surface area contributed by atoms with Gasteiger partial charge in [0.1, 0.15) is 5.01 Å². The number of alkyl halides is 3. The van der Waals surface area contributed by atoms with E-state index in [9.17, 15) is 17.4 Å². The van der Waals surface area contributed by atoms with Crippen molar-refractivity contribution in [2.45, 2.75) is 37.7 Å². The van der Waals surface area contributed by atoms with Crippen LogP contribution in [0.5, 0.6) is 0 Å². The third-order valence-corrected chi connectivity index (χ3v) is 5.33. The Hall–Kier alpha value is -0.990. The highest BCUT2D eigenvalue weighted by atomic mass is 32.2. The van der Waals surface area contributed by atoms with Gasteiger partial charge in [0.15, 0.2) is 6.04 Å². The van der Waals surface area contributed by atoms with E-state index in [4.69, 9.17) is 0 Å². The van der Waals surface area contributed by atoms with Crippen LogP contribution in [0.1, 0.15) is 31.8 Å². The van der Waals surface area contributed by atoms with Gasteiger partial charge in [0.25, 0.3) is 0 Å². The highest BCUT2D eigenvalue weighted by Crippen LogP contribution is 2.37. The molecule has 0 bridgehead atoms. The Morgan fingerprint density at radius 3 is 2.38 bits per heavy atom. The zero-order valence-corrected chi connectivity index (χ0v) is 13.3. The molecule has 1 N–H and O–H groups in total. The molecule has 0 spiro atoms. The van der Waals surface area contributed by atoms with Crippen LogP contribution in [-0.2, 0) is 11.0 Å². The first-order valence-corrected chi connectivity index (χ1v) is 8.16. The van der Waals surface area contributed by atoms with Crippen molar-refractivity contribution in [1.82, 2.24) is 9.71 Å². The number of nitrogens with zero attached hydrogens (tertiary/aromatic N) is 1. The number of rotatable bonds is 3. The SMILES string of the molecule is CC(C)(C)S(=O)N[C@@H](c1nc2ccccc2s1)C(F)(F)F. The minimum Gasteiger partial charge on any atom is -0.242 e. The van der Waals surface area contributed by atoms with Crippen molar-refractivity contribution in [3.05, 3.63) is 29.3 Å². The van der Waals surface area contributed by atoms with Crippen LogP contribution in [0, 0.1) is 0 Å². The summed E-state index contributed by atoms with van der Waals surface area (Å²) in [6.45, 7) is 4.84. The van der Waals surface area contributed by atoms with Gasteiger partial charge in [-0.05, 0) is 32.9 Å². The summed E-state index contributed by atoms with van der Waals surface area (Å²) in [5.74, 6) is 0. The Labute approximate surface area is 127 Å². The normalized spacial score (nSPS) is 16.1. The molecule has 3 nitrogen and oxygen atoms in total. The first-order valence-electron chi connectivity index (χ1n) is 6.19. The predicted octanol–water partition coefficient (Wildman–Crippen LogP) is 3.95. The van der Waals surface area contributed by atoms with E-state index in [0.717, 1.165) is 11.3 Å². The van der Waals surface area contributed by atoms with Gasteiger partial charge in [0.2, 0.25) is 0 Å². The molecule has 0 saturated heterocycles. The Kier molecular flexibility index (Phi) is 4.41. The van der Waals surface area contributed by atoms with Crippen molar-refractivity contribution in [1.29, 1.82) is 0 Å². The highest BCUT2D eigenvalue weighted by molar-refractivity contribution is 7.84. The topological polar surface area (TPSA) is 42.0 Å². The maximum absolute atomic E-state index is 13.3. The maximum Gasteiger partial charge on any atom is 0.411 e. The van der Waals surface area contributed by atoms with Crippen LogP contribution in [0.25, 0.3) is 10.2 Å². The Bertz CT molecular complexity index is 628. The van der Waals surface area contributed by atoms with Gasteiger partial charge >= 0.3 is 6.18 Å². The van der Waals surface area contributed by atoms with Crippen LogP contribution in [-0.4, -0.2) is 20.1 Å². The van der Waals surface area contributed by atoms with Crippen LogP contribution < -0.4 is 4.72 Å². The summed E-state index contributed by atoms with van der Waals surface area (Å²) in [6, 6.07) is 4.80. The van der Waals surface area contributed by atoms with Gasteiger partial charge in [-0.1, -0.05) is 12.1 Å². The molecule has 2 aromatic rings. The van der Waals surface area contributed by atoms with Crippen molar-refractivity contribution in [3.8, 4) is 0 Å². The zero-order valence-electron chi connectivity index (χ0n) is 11.7. The van der Waals surface area contributed by atoms with Crippen LogP contribution in [0.4, 0.5) is 13.2 Å². The molecule has 0 aliphatic carbocycles. The van der Waals surface area contributed by atoms with Crippen LogP contribution in [0.15, 0.2) is 24.3 Å². The van der Waals surface area contributed by atoms with E-state index in [1.54, 1.807) is 45.0 Å². The Morgan fingerprint density at radius 1 is 1.24 bits per heavy atom. The lowest BCUT2D eigenvalue weighted by atomic mass is 10.3. The average molecular weight is 336 g/mol. The lowest BCUT2D eigenvalue weighted by molar-refractivity contribution is -0.152. The van der Waals surface area contributed by atoms with E-state index >= 15 is 0 Å². The molecule has 1 aromatic carbocycles. The number of hydrogen-bond donors (Lipinski definition) is 1. The quantitative estimate of drug-likeness (QED) is 0.922. The number of aromatic nitrogens is 1. The lowest BCUT2D eigenvalue weighted by Crippen LogP contribution is -2.41. The van der Waals surface area contributed by atoms with E-state index in [2.05, 4.69) is 9.71 Å².